The van der Waals surface area contributed by atoms with Crippen molar-refractivity contribution in [1.29, 1.82) is 0 Å². The fourth-order valence-corrected chi connectivity index (χ4v) is 2.61. The van der Waals surface area contributed by atoms with Gasteiger partial charge >= 0.3 is 0 Å². The van der Waals surface area contributed by atoms with Crippen molar-refractivity contribution in [3.8, 4) is 0 Å². The second kappa shape index (κ2) is 10.5. The third kappa shape index (κ3) is 6.81. The Morgan fingerprint density at radius 3 is 2.30 bits per heavy atom. The molecule has 23 heavy (non-hydrogen) atoms. The van der Waals surface area contributed by atoms with E-state index in [1.165, 1.54) is 5.56 Å². The van der Waals surface area contributed by atoms with Gasteiger partial charge in [-0.05, 0) is 5.56 Å². The molecule has 0 saturated carbocycles. The highest BCUT2D eigenvalue weighted by atomic mass is 16.8. The van der Waals surface area contributed by atoms with Gasteiger partial charge in [0.05, 0.1) is 6.61 Å². The van der Waals surface area contributed by atoms with E-state index in [2.05, 4.69) is 46.2 Å². The molecule has 0 unspecified atom stereocenters. The van der Waals surface area contributed by atoms with Crippen LogP contribution in [0.25, 0.3) is 6.08 Å². The molecule has 0 aromatic heterocycles. The smallest absolute Gasteiger partial charge is 0.271 e. The van der Waals surface area contributed by atoms with Gasteiger partial charge < -0.3 is 14.2 Å². The predicted octanol–water partition coefficient (Wildman–Crippen LogP) is 1.91. The van der Waals surface area contributed by atoms with Crippen LogP contribution < -0.4 is 0 Å². The van der Waals surface area contributed by atoms with Gasteiger partial charge in [-0.25, -0.2) is 0 Å². The molecule has 0 atom stereocenters. The molecular weight excluding hydrogens is 292 g/mol. The minimum atomic E-state index is -0.556. The molecule has 5 nitrogen and oxygen atoms in total. The number of piperazine rings is 1. The van der Waals surface area contributed by atoms with Crippen molar-refractivity contribution in [3.63, 3.8) is 0 Å². The van der Waals surface area contributed by atoms with Gasteiger partial charge in [-0.2, -0.15) is 0 Å². The molecular formula is C18H28N2O3. The fourth-order valence-electron chi connectivity index (χ4n) is 2.61. The van der Waals surface area contributed by atoms with Crippen LogP contribution in [0.2, 0.25) is 0 Å². The fraction of sp³-hybridized carbons (Fsp3) is 0.556. The summed E-state index contributed by atoms with van der Waals surface area (Å²) in [5.74, 6) is 0. The molecule has 0 aliphatic carbocycles. The van der Waals surface area contributed by atoms with Gasteiger partial charge in [0.2, 0.25) is 0 Å². The van der Waals surface area contributed by atoms with Gasteiger partial charge in [-0.3, -0.25) is 9.80 Å². The number of methoxy groups -OCH3 is 2. The van der Waals surface area contributed by atoms with Crippen LogP contribution in [0.4, 0.5) is 0 Å². The van der Waals surface area contributed by atoms with Crippen LogP contribution in [-0.4, -0.2) is 76.4 Å². The maximum absolute atomic E-state index is 5.47. The van der Waals surface area contributed by atoms with Gasteiger partial charge in [0, 0.05) is 53.5 Å². The molecule has 0 bridgehead atoms. The number of rotatable bonds is 9. The largest absolute Gasteiger partial charge is 0.333 e. The van der Waals surface area contributed by atoms with E-state index < -0.39 is 6.48 Å². The van der Waals surface area contributed by atoms with Crippen LogP contribution in [0.5, 0.6) is 0 Å². The van der Waals surface area contributed by atoms with E-state index in [1.54, 1.807) is 14.2 Å². The summed E-state index contributed by atoms with van der Waals surface area (Å²) in [6.07, 6.45) is 4.44. The Morgan fingerprint density at radius 1 is 1.00 bits per heavy atom. The first kappa shape index (κ1) is 18.1. The average molecular weight is 320 g/mol. The Morgan fingerprint density at radius 2 is 1.65 bits per heavy atom. The van der Waals surface area contributed by atoms with E-state index in [1.807, 2.05) is 6.07 Å². The van der Waals surface area contributed by atoms with Crippen LogP contribution in [-0.2, 0) is 14.2 Å². The SMILES string of the molecule is COC(OC)OCCN1CCN(CC=Cc2ccccc2)CC1. The summed E-state index contributed by atoms with van der Waals surface area (Å²) in [7, 11) is 3.16. The maximum atomic E-state index is 5.47. The zero-order valence-corrected chi connectivity index (χ0v) is 14.2. The monoisotopic (exact) mass is 320 g/mol. The van der Waals surface area contributed by atoms with Gasteiger partial charge in [0.25, 0.3) is 6.48 Å². The van der Waals surface area contributed by atoms with Crippen molar-refractivity contribution >= 4 is 6.08 Å². The second-order valence-corrected chi connectivity index (χ2v) is 5.59. The molecule has 5 heteroatoms. The molecule has 0 spiro atoms. The normalized spacial score (nSPS) is 17.3. The quantitative estimate of drug-likeness (QED) is 0.649. The molecule has 1 aliphatic heterocycles. The lowest BCUT2D eigenvalue weighted by Crippen LogP contribution is -2.47. The van der Waals surface area contributed by atoms with E-state index in [0.717, 1.165) is 39.3 Å². The van der Waals surface area contributed by atoms with Crippen molar-refractivity contribution in [2.24, 2.45) is 0 Å². The standard InChI is InChI=1S/C18H28N2O3/c1-21-18(22-2)23-16-15-20-13-11-19(12-14-20)10-6-9-17-7-4-3-5-8-17/h3-9,18H,10-16H2,1-2H3. The lowest BCUT2D eigenvalue weighted by Gasteiger charge is -2.34. The number of ether oxygens (including phenoxy) is 3. The lowest BCUT2D eigenvalue weighted by molar-refractivity contribution is -0.266. The van der Waals surface area contributed by atoms with Crippen molar-refractivity contribution in [2.75, 3.05) is 60.1 Å². The van der Waals surface area contributed by atoms with Gasteiger partial charge in [0.1, 0.15) is 0 Å². The molecule has 1 aromatic carbocycles. The highest BCUT2D eigenvalue weighted by Gasteiger charge is 2.16. The van der Waals surface area contributed by atoms with Crippen LogP contribution in [0.1, 0.15) is 5.56 Å². The van der Waals surface area contributed by atoms with Crippen molar-refractivity contribution < 1.29 is 14.2 Å². The van der Waals surface area contributed by atoms with E-state index in [9.17, 15) is 0 Å². The van der Waals surface area contributed by atoms with E-state index in [0.29, 0.717) is 6.61 Å². The maximum Gasteiger partial charge on any atom is 0.271 e. The zero-order valence-electron chi connectivity index (χ0n) is 14.2. The minimum absolute atomic E-state index is 0.556. The van der Waals surface area contributed by atoms with Crippen LogP contribution >= 0.6 is 0 Å². The minimum Gasteiger partial charge on any atom is -0.333 e. The van der Waals surface area contributed by atoms with Crippen molar-refractivity contribution in [3.05, 3.63) is 42.0 Å². The van der Waals surface area contributed by atoms with E-state index in [4.69, 9.17) is 14.2 Å². The van der Waals surface area contributed by atoms with Crippen LogP contribution in [0, 0.1) is 0 Å². The first-order valence-corrected chi connectivity index (χ1v) is 8.15. The summed E-state index contributed by atoms with van der Waals surface area (Å²) in [5.41, 5.74) is 1.26. The molecule has 1 saturated heterocycles. The molecule has 0 N–H and O–H groups in total. The van der Waals surface area contributed by atoms with E-state index >= 15 is 0 Å². The summed E-state index contributed by atoms with van der Waals surface area (Å²) in [5, 5.41) is 0. The van der Waals surface area contributed by atoms with Gasteiger partial charge in [-0.15, -0.1) is 0 Å². The molecule has 1 aromatic rings. The molecule has 1 aliphatic rings. The van der Waals surface area contributed by atoms with Crippen molar-refractivity contribution in [2.45, 2.75) is 6.48 Å². The molecule has 2 rings (SSSR count). The molecule has 0 amide bonds. The number of benzene rings is 1. The predicted molar refractivity (Wildman–Crippen MR) is 92.1 cm³/mol. The number of hydrogen-bond acceptors (Lipinski definition) is 5. The number of nitrogens with zero attached hydrogens (tertiary/aromatic N) is 2. The third-order valence-electron chi connectivity index (χ3n) is 3.98. The van der Waals surface area contributed by atoms with Crippen LogP contribution in [0.15, 0.2) is 36.4 Å². The Labute approximate surface area is 139 Å². The summed E-state index contributed by atoms with van der Waals surface area (Å²) in [4.78, 5) is 4.89. The summed E-state index contributed by atoms with van der Waals surface area (Å²) in [6, 6.07) is 10.4. The van der Waals surface area contributed by atoms with Crippen LogP contribution in [0.3, 0.4) is 0 Å². The Hall–Kier alpha value is -1.24. The topological polar surface area (TPSA) is 34.2 Å². The third-order valence-corrected chi connectivity index (χ3v) is 3.98. The first-order chi connectivity index (χ1) is 11.3. The van der Waals surface area contributed by atoms with E-state index in [-0.39, 0.29) is 0 Å². The van der Waals surface area contributed by atoms with Gasteiger partial charge in [-0.1, -0.05) is 42.5 Å². The molecule has 128 valence electrons. The second-order valence-electron chi connectivity index (χ2n) is 5.59. The molecule has 1 fully saturated rings. The Balaban J connectivity index is 1.59. The lowest BCUT2D eigenvalue weighted by atomic mass is 10.2. The first-order valence-electron chi connectivity index (χ1n) is 8.15. The zero-order chi connectivity index (χ0) is 16.3. The van der Waals surface area contributed by atoms with Crippen molar-refractivity contribution in [1.82, 2.24) is 9.80 Å². The number of hydrogen-bond donors (Lipinski definition) is 0. The van der Waals surface area contributed by atoms with Gasteiger partial charge in [0.15, 0.2) is 0 Å². The highest BCUT2D eigenvalue weighted by Crippen LogP contribution is 2.05. The highest BCUT2D eigenvalue weighted by molar-refractivity contribution is 5.48. The Bertz CT molecular complexity index is 441. The summed E-state index contributed by atoms with van der Waals surface area (Å²) in [6.45, 7) is 6.33. The molecule has 0 radical (unpaired) electrons. The summed E-state index contributed by atoms with van der Waals surface area (Å²) >= 11 is 0. The molecule has 1 heterocycles. The average Bonchev–Trinajstić information content (AvgIpc) is 2.61. The summed E-state index contributed by atoms with van der Waals surface area (Å²) < 4.78 is 15.5. The Kier molecular flexibility index (Phi) is 8.28.